The van der Waals surface area contributed by atoms with Crippen molar-refractivity contribution in [1.29, 1.82) is 0 Å². The third-order valence-corrected chi connectivity index (χ3v) is 2.42. The van der Waals surface area contributed by atoms with Crippen LogP contribution in [-0.4, -0.2) is 16.1 Å². The standard InChI is InChI=1S/C11H10ClN3O/c12-7-8-1-3-9(4-2-8)14-11(16)10-5-6-13-15-10/h1-6H,7H2,(H,13,15)(H,14,16). The molecule has 0 aliphatic carbocycles. The molecule has 0 saturated heterocycles. The van der Waals surface area contributed by atoms with Crippen LogP contribution in [0.15, 0.2) is 36.5 Å². The van der Waals surface area contributed by atoms with Crippen molar-refractivity contribution < 1.29 is 4.79 Å². The number of hydrogen-bond donors (Lipinski definition) is 2. The zero-order chi connectivity index (χ0) is 11.4. The molecule has 0 aliphatic rings. The number of carbonyl (C=O) groups excluding carboxylic acids is 1. The molecule has 2 aromatic rings. The van der Waals surface area contributed by atoms with Gasteiger partial charge in [0.05, 0.1) is 0 Å². The van der Waals surface area contributed by atoms with Gasteiger partial charge in [-0.2, -0.15) is 5.10 Å². The van der Waals surface area contributed by atoms with Crippen molar-refractivity contribution in [3.8, 4) is 0 Å². The molecule has 0 saturated carbocycles. The third-order valence-electron chi connectivity index (χ3n) is 2.11. The summed E-state index contributed by atoms with van der Waals surface area (Å²) in [5.41, 5.74) is 2.18. The molecule has 0 spiro atoms. The number of nitrogens with one attached hydrogen (secondary N) is 2. The summed E-state index contributed by atoms with van der Waals surface area (Å²) in [6, 6.07) is 8.98. The van der Waals surface area contributed by atoms with Crippen molar-refractivity contribution in [1.82, 2.24) is 10.2 Å². The fourth-order valence-corrected chi connectivity index (χ4v) is 1.44. The van der Waals surface area contributed by atoms with E-state index in [9.17, 15) is 4.79 Å². The summed E-state index contributed by atoms with van der Waals surface area (Å²) in [7, 11) is 0. The van der Waals surface area contributed by atoms with E-state index in [1.165, 1.54) is 6.20 Å². The van der Waals surface area contributed by atoms with Gasteiger partial charge in [0.25, 0.3) is 5.91 Å². The summed E-state index contributed by atoms with van der Waals surface area (Å²) in [6.45, 7) is 0. The predicted octanol–water partition coefficient (Wildman–Crippen LogP) is 2.40. The maximum Gasteiger partial charge on any atom is 0.273 e. The van der Waals surface area contributed by atoms with Crippen molar-refractivity contribution >= 4 is 23.2 Å². The largest absolute Gasteiger partial charge is 0.321 e. The lowest BCUT2D eigenvalue weighted by Crippen LogP contribution is -2.12. The Balaban J connectivity index is 2.06. The summed E-state index contributed by atoms with van der Waals surface area (Å²) in [5, 5.41) is 9.05. The van der Waals surface area contributed by atoms with Crippen LogP contribution in [0.3, 0.4) is 0 Å². The van der Waals surface area contributed by atoms with Gasteiger partial charge < -0.3 is 5.32 Å². The topological polar surface area (TPSA) is 57.8 Å². The summed E-state index contributed by atoms with van der Waals surface area (Å²) >= 11 is 5.67. The van der Waals surface area contributed by atoms with Gasteiger partial charge in [-0.25, -0.2) is 0 Å². The minimum absolute atomic E-state index is 0.212. The number of alkyl halides is 1. The zero-order valence-corrected chi connectivity index (χ0v) is 9.16. The Morgan fingerprint density at radius 2 is 2.06 bits per heavy atom. The van der Waals surface area contributed by atoms with Gasteiger partial charge in [-0.15, -0.1) is 11.6 Å². The smallest absolute Gasteiger partial charge is 0.273 e. The highest BCUT2D eigenvalue weighted by molar-refractivity contribution is 6.17. The molecule has 0 radical (unpaired) electrons. The first-order valence-electron chi connectivity index (χ1n) is 4.75. The van der Waals surface area contributed by atoms with E-state index in [4.69, 9.17) is 11.6 Å². The van der Waals surface area contributed by atoms with Crippen molar-refractivity contribution in [2.24, 2.45) is 0 Å². The molecule has 5 heteroatoms. The number of amides is 1. The molecule has 16 heavy (non-hydrogen) atoms. The molecule has 1 amide bonds. The van der Waals surface area contributed by atoms with Crippen LogP contribution in [-0.2, 0) is 5.88 Å². The van der Waals surface area contributed by atoms with Gasteiger partial charge in [-0.05, 0) is 23.8 Å². The molecule has 1 aromatic heterocycles. The molecule has 0 fully saturated rings. The first-order chi connectivity index (χ1) is 7.79. The summed E-state index contributed by atoms with van der Waals surface area (Å²) < 4.78 is 0. The highest BCUT2D eigenvalue weighted by atomic mass is 35.5. The summed E-state index contributed by atoms with van der Waals surface area (Å²) in [4.78, 5) is 11.6. The summed E-state index contributed by atoms with van der Waals surface area (Å²) in [5.74, 6) is 0.255. The van der Waals surface area contributed by atoms with Crippen LogP contribution < -0.4 is 5.32 Å². The first kappa shape index (κ1) is 10.7. The highest BCUT2D eigenvalue weighted by Crippen LogP contribution is 2.11. The van der Waals surface area contributed by atoms with E-state index in [-0.39, 0.29) is 5.91 Å². The predicted molar refractivity (Wildman–Crippen MR) is 62.5 cm³/mol. The van der Waals surface area contributed by atoms with E-state index >= 15 is 0 Å². The molecule has 2 N–H and O–H groups in total. The molecule has 1 aromatic carbocycles. The number of anilines is 1. The van der Waals surface area contributed by atoms with Gasteiger partial charge >= 0.3 is 0 Å². The van der Waals surface area contributed by atoms with E-state index in [2.05, 4.69) is 15.5 Å². The lowest BCUT2D eigenvalue weighted by molar-refractivity contribution is 0.102. The number of carbonyl (C=O) groups is 1. The molecule has 0 bridgehead atoms. The number of rotatable bonds is 3. The van der Waals surface area contributed by atoms with Crippen LogP contribution in [0.2, 0.25) is 0 Å². The molecule has 0 unspecified atom stereocenters. The maximum atomic E-state index is 11.6. The molecule has 4 nitrogen and oxygen atoms in total. The van der Waals surface area contributed by atoms with Gasteiger partial charge in [-0.1, -0.05) is 12.1 Å². The van der Waals surface area contributed by atoms with Gasteiger partial charge in [0, 0.05) is 17.8 Å². The van der Waals surface area contributed by atoms with E-state index in [0.717, 1.165) is 11.3 Å². The maximum absolute atomic E-state index is 11.6. The molecule has 0 aliphatic heterocycles. The molecular weight excluding hydrogens is 226 g/mol. The highest BCUT2D eigenvalue weighted by Gasteiger charge is 2.06. The Kier molecular flexibility index (Phi) is 3.22. The monoisotopic (exact) mass is 235 g/mol. The van der Waals surface area contributed by atoms with Gasteiger partial charge in [0.15, 0.2) is 0 Å². The van der Waals surface area contributed by atoms with Gasteiger partial charge in [-0.3, -0.25) is 9.89 Å². The minimum atomic E-state index is -0.212. The second-order valence-corrected chi connectivity index (χ2v) is 3.52. The number of nitrogens with zero attached hydrogens (tertiary/aromatic N) is 1. The second kappa shape index (κ2) is 4.81. The quantitative estimate of drug-likeness (QED) is 0.803. The van der Waals surface area contributed by atoms with Crippen LogP contribution in [0.25, 0.3) is 0 Å². The number of H-pyrrole nitrogens is 1. The Labute approximate surface area is 97.6 Å². The minimum Gasteiger partial charge on any atom is -0.321 e. The number of aromatic nitrogens is 2. The number of hydrogen-bond acceptors (Lipinski definition) is 2. The summed E-state index contributed by atoms with van der Waals surface area (Å²) in [6.07, 6.45) is 1.53. The van der Waals surface area contributed by atoms with E-state index < -0.39 is 0 Å². The average molecular weight is 236 g/mol. The van der Waals surface area contributed by atoms with E-state index in [1.54, 1.807) is 6.07 Å². The van der Waals surface area contributed by atoms with Crippen LogP contribution in [0.4, 0.5) is 5.69 Å². The van der Waals surface area contributed by atoms with E-state index in [0.29, 0.717) is 11.6 Å². The Morgan fingerprint density at radius 3 is 2.62 bits per heavy atom. The van der Waals surface area contributed by atoms with Crippen molar-refractivity contribution in [2.45, 2.75) is 5.88 Å². The third kappa shape index (κ3) is 2.41. The molecule has 82 valence electrons. The second-order valence-electron chi connectivity index (χ2n) is 3.25. The van der Waals surface area contributed by atoms with Crippen LogP contribution in [0.5, 0.6) is 0 Å². The van der Waals surface area contributed by atoms with Crippen molar-refractivity contribution in [3.05, 3.63) is 47.8 Å². The normalized spacial score (nSPS) is 10.1. The van der Waals surface area contributed by atoms with Gasteiger partial charge in [0.2, 0.25) is 0 Å². The van der Waals surface area contributed by atoms with E-state index in [1.807, 2.05) is 24.3 Å². The van der Waals surface area contributed by atoms with Crippen LogP contribution in [0.1, 0.15) is 16.1 Å². The fourth-order valence-electron chi connectivity index (χ4n) is 1.26. The Hall–Kier alpha value is -1.81. The lowest BCUT2D eigenvalue weighted by Gasteiger charge is -2.03. The molecule has 1 heterocycles. The Bertz CT molecular complexity index is 464. The first-order valence-corrected chi connectivity index (χ1v) is 5.28. The molecule has 0 atom stereocenters. The average Bonchev–Trinajstić information content (AvgIpc) is 2.83. The molecular formula is C11H10ClN3O. The SMILES string of the molecule is O=C(Nc1ccc(CCl)cc1)c1ccn[nH]1. The van der Waals surface area contributed by atoms with Crippen LogP contribution >= 0.6 is 11.6 Å². The fraction of sp³-hybridized carbons (Fsp3) is 0.0909. The number of halogens is 1. The Morgan fingerprint density at radius 1 is 1.31 bits per heavy atom. The van der Waals surface area contributed by atoms with Gasteiger partial charge in [0.1, 0.15) is 5.69 Å². The number of aromatic amines is 1. The number of benzene rings is 1. The van der Waals surface area contributed by atoms with Crippen molar-refractivity contribution in [3.63, 3.8) is 0 Å². The van der Waals surface area contributed by atoms with Crippen LogP contribution in [0, 0.1) is 0 Å². The zero-order valence-electron chi connectivity index (χ0n) is 8.40. The lowest BCUT2D eigenvalue weighted by atomic mass is 10.2. The molecule has 2 rings (SSSR count). The van der Waals surface area contributed by atoms with Crippen molar-refractivity contribution in [2.75, 3.05) is 5.32 Å².